The van der Waals surface area contributed by atoms with E-state index in [4.69, 9.17) is 11.5 Å². The van der Waals surface area contributed by atoms with E-state index in [1.807, 2.05) is 6.20 Å². The fourth-order valence-corrected chi connectivity index (χ4v) is 5.20. The van der Waals surface area contributed by atoms with Crippen molar-refractivity contribution in [2.45, 2.75) is 116 Å². The fraction of sp³-hybridized carbons (Fsp3) is 0.828. The van der Waals surface area contributed by atoms with Crippen LogP contribution < -0.4 is 22.1 Å². The Hall–Kier alpha value is -2.49. The van der Waals surface area contributed by atoms with E-state index in [0.717, 1.165) is 89.4 Å². The number of hydrogen-bond acceptors (Lipinski definition) is 6. The summed E-state index contributed by atoms with van der Waals surface area (Å²) in [6, 6.07) is -0.348. The van der Waals surface area contributed by atoms with Crippen molar-refractivity contribution in [3.63, 3.8) is 0 Å². The number of aliphatic imine (C=N–C) groups is 1. The van der Waals surface area contributed by atoms with E-state index in [0.29, 0.717) is 24.8 Å². The summed E-state index contributed by atoms with van der Waals surface area (Å²) in [4.78, 5) is 29.3. The Labute approximate surface area is 235 Å². The molecule has 0 aromatic carbocycles. The summed E-state index contributed by atoms with van der Waals surface area (Å²) in [7, 11) is 0. The summed E-state index contributed by atoms with van der Waals surface area (Å²) >= 11 is 0. The van der Waals surface area contributed by atoms with Crippen molar-refractivity contribution in [1.82, 2.24) is 25.6 Å². The number of nitrogens with two attached hydrogens (primary N) is 2. The number of ketones is 1. The van der Waals surface area contributed by atoms with Gasteiger partial charge in [-0.1, -0.05) is 64.0 Å². The molecule has 2 rings (SSSR count). The lowest BCUT2D eigenvalue weighted by Gasteiger charge is -2.22. The van der Waals surface area contributed by atoms with Gasteiger partial charge >= 0.3 is 0 Å². The van der Waals surface area contributed by atoms with E-state index < -0.39 is 0 Å². The second kappa shape index (κ2) is 19.6. The van der Waals surface area contributed by atoms with Gasteiger partial charge in [0.15, 0.2) is 5.96 Å². The molecular weight excluding hydrogens is 492 g/mol. The fourth-order valence-electron chi connectivity index (χ4n) is 5.20. The summed E-state index contributed by atoms with van der Waals surface area (Å²) in [5, 5.41) is 15.0. The maximum absolute atomic E-state index is 13.0. The van der Waals surface area contributed by atoms with Crippen molar-refractivity contribution in [3.8, 4) is 0 Å². The zero-order valence-corrected chi connectivity index (χ0v) is 24.5. The zero-order valence-electron chi connectivity index (χ0n) is 24.5. The van der Waals surface area contributed by atoms with Gasteiger partial charge in [-0.05, 0) is 64.0 Å². The van der Waals surface area contributed by atoms with Gasteiger partial charge in [-0.2, -0.15) is 0 Å². The van der Waals surface area contributed by atoms with Gasteiger partial charge in [-0.25, -0.2) is 4.68 Å². The third kappa shape index (κ3) is 13.4. The second-order valence-corrected chi connectivity index (χ2v) is 11.1. The minimum Gasteiger partial charge on any atom is -0.370 e. The van der Waals surface area contributed by atoms with Crippen LogP contribution in [-0.4, -0.2) is 58.8 Å². The van der Waals surface area contributed by atoms with Crippen LogP contribution in [0.2, 0.25) is 0 Å². The molecule has 0 aliphatic carbocycles. The van der Waals surface area contributed by atoms with E-state index >= 15 is 0 Å². The van der Waals surface area contributed by atoms with Crippen LogP contribution in [0, 0.1) is 11.8 Å². The highest BCUT2D eigenvalue weighted by Gasteiger charge is 2.27. The SMILES string of the molecule is CC[C@H](C)[C@@H](C(=O)NCCCCCCCCCCC(=O)C1CCNCC1)n1cc(CCCCN=C(N)N)nn1. The highest BCUT2D eigenvalue weighted by molar-refractivity contribution is 5.81. The van der Waals surface area contributed by atoms with Crippen LogP contribution in [0.25, 0.3) is 0 Å². The average Bonchev–Trinajstić information content (AvgIpc) is 3.39. The summed E-state index contributed by atoms with van der Waals surface area (Å²) in [5.74, 6) is 1.09. The first-order valence-corrected chi connectivity index (χ1v) is 15.4. The highest BCUT2D eigenvalue weighted by Crippen LogP contribution is 2.21. The second-order valence-electron chi connectivity index (χ2n) is 11.1. The quantitative estimate of drug-likeness (QED) is 0.104. The molecule has 2 heterocycles. The molecule has 1 saturated heterocycles. The van der Waals surface area contributed by atoms with Gasteiger partial charge in [0.25, 0.3) is 0 Å². The predicted molar refractivity (Wildman–Crippen MR) is 157 cm³/mol. The number of unbranched alkanes of at least 4 members (excludes halogenated alkanes) is 8. The van der Waals surface area contributed by atoms with Crippen molar-refractivity contribution in [2.75, 3.05) is 26.2 Å². The molecule has 1 aromatic rings. The Morgan fingerprint density at radius 2 is 1.72 bits per heavy atom. The molecule has 1 aliphatic rings. The Kier molecular flexibility index (Phi) is 16.4. The Morgan fingerprint density at radius 3 is 2.38 bits per heavy atom. The average molecular weight is 547 g/mol. The van der Waals surface area contributed by atoms with Crippen LogP contribution in [0.1, 0.15) is 115 Å². The number of Topliss-reactive ketones (excluding diaryl/α,β-unsaturated/α-hetero) is 1. The first-order valence-electron chi connectivity index (χ1n) is 15.4. The van der Waals surface area contributed by atoms with Crippen molar-refractivity contribution in [1.29, 1.82) is 0 Å². The molecule has 0 unspecified atom stereocenters. The van der Waals surface area contributed by atoms with Crippen LogP contribution in [0.3, 0.4) is 0 Å². The van der Waals surface area contributed by atoms with Crippen molar-refractivity contribution >= 4 is 17.6 Å². The molecule has 0 radical (unpaired) electrons. The molecule has 0 saturated carbocycles. The van der Waals surface area contributed by atoms with Crippen LogP contribution in [0.15, 0.2) is 11.2 Å². The number of rotatable bonds is 21. The minimum absolute atomic E-state index is 0.0209. The number of carbonyl (C=O) groups is 2. The first-order chi connectivity index (χ1) is 18.9. The summed E-state index contributed by atoms with van der Waals surface area (Å²) in [6.45, 7) is 7.46. The molecular formula is C29H54N8O2. The van der Waals surface area contributed by atoms with Gasteiger partial charge < -0.3 is 22.1 Å². The van der Waals surface area contributed by atoms with Gasteiger partial charge in [0.1, 0.15) is 11.8 Å². The number of carbonyl (C=O) groups excluding carboxylic acids is 2. The lowest BCUT2D eigenvalue weighted by atomic mass is 9.90. The number of piperidine rings is 1. The molecule has 1 amide bonds. The number of amides is 1. The smallest absolute Gasteiger partial charge is 0.245 e. The van der Waals surface area contributed by atoms with Crippen molar-refractivity contribution in [2.24, 2.45) is 28.3 Å². The molecule has 222 valence electrons. The molecule has 10 heteroatoms. The van der Waals surface area contributed by atoms with Crippen LogP contribution >= 0.6 is 0 Å². The van der Waals surface area contributed by atoms with Crippen molar-refractivity contribution in [3.05, 3.63) is 11.9 Å². The normalized spacial score (nSPS) is 15.5. The summed E-state index contributed by atoms with van der Waals surface area (Å²) in [5.41, 5.74) is 11.6. The van der Waals surface area contributed by atoms with Crippen LogP contribution in [-0.2, 0) is 16.0 Å². The van der Waals surface area contributed by atoms with Gasteiger partial charge in [-0.3, -0.25) is 14.6 Å². The lowest BCUT2D eigenvalue weighted by molar-refractivity contribution is -0.126. The molecule has 1 aromatic heterocycles. The topological polar surface area (TPSA) is 153 Å². The predicted octanol–water partition coefficient (Wildman–Crippen LogP) is 3.66. The summed E-state index contributed by atoms with van der Waals surface area (Å²) < 4.78 is 1.73. The van der Waals surface area contributed by atoms with Gasteiger partial charge in [0, 0.05) is 31.6 Å². The van der Waals surface area contributed by atoms with E-state index in [2.05, 4.69) is 39.8 Å². The molecule has 1 aliphatic heterocycles. The van der Waals surface area contributed by atoms with Crippen LogP contribution in [0.4, 0.5) is 0 Å². The molecule has 6 N–H and O–H groups in total. The van der Waals surface area contributed by atoms with Crippen molar-refractivity contribution < 1.29 is 9.59 Å². The maximum atomic E-state index is 13.0. The molecule has 10 nitrogen and oxygen atoms in total. The number of nitrogens with zero attached hydrogens (tertiary/aromatic N) is 4. The van der Waals surface area contributed by atoms with Gasteiger partial charge in [-0.15, -0.1) is 5.10 Å². The Morgan fingerprint density at radius 1 is 1.05 bits per heavy atom. The first kappa shape index (κ1) is 32.7. The van der Waals surface area contributed by atoms with E-state index in [9.17, 15) is 9.59 Å². The van der Waals surface area contributed by atoms with E-state index in [1.165, 1.54) is 25.7 Å². The Bertz CT molecular complexity index is 846. The minimum atomic E-state index is -0.348. The Balaban J connectivity index is 1.56. The largest absolute Gasteiger partial charge is 0.370 e. The number of guanidine groups is 1. The molecule has 0 bridgehead atoms. The monoisotopic (exact) mass is 546 g/mol. The van der Waals surface area contributed by atoms with Gasteiger partial charge in [0.05, 0.1) is 5.69 Å². The molecule has 1 fully saturated rings. The lowest BCUT2D eigenvalue weighted by Crippen LogP contribution is -2.37. The van der Waals surface area contributed by atoms with Crippen LogP contribution in [0.5, 0.6) is 0 Å². The number of aryl methyl sites for hydroxylation is 1. The standard InChI is InChI=1S/C29H54N8O2/c1-3-23(2)27(37-22-25(35-36-37)14-11-13-19-34-29(30)31)28(39)33-18-12-9-7-5-4-6-8-10-15-26(38)24-16-20-32-21-17-24/h22-24,27,32H,3-21H2,1-2H3,(H,33,39)(H4,30,31,34)/t23-,27-/m0/s1. The third-order valence-corrected chi connectivity index (χ3v) is 7.87. The maximum Gasteiger partial charge on any atom is 0.245 e. The molecule has 39 heavy (non-hydrogen) atoms. The number of nitrogens with one attached hydrogen (secondary N) is 2. The zero-order chi connectivity index (χ0) is 28.3. The molecule has 0 spiro atoms. The highest BCUT2D eigenvalue weighted by atomic mass is 16.2. The van der Waals surface area contributed by atoms with E-state index in [-0.39, 0.29) is 23.8 Å². The molecule has 2 atom stereocenters. The number of aromatic nitrogens is 3. The van der Waals surface area contributed by atoms with E-state index in [1.54, 1.807) is 4.68 Å². The number of hydrogen-bond donors (Lipinski definition) is 4. The third-order valence-electron chi connectivity index (χ3n) is 7.87. The van der Waals surface area contributed by atoms with Gasteiger partial charge in [0.2, 0.25) is 5.91 Å². The summed E-state index contributed by atoms with van der Waals surface area (Å²) in [6.07, 6.45) is 17.3.